The Morgan fingerprint density at radius 3 is 2.39 bits per heavy atom. The maximum absolute atomic E-state index is 5.60. The van der Waals surface area contributed by atoms with Crippen molar-refractivity contribution in [1.29, 1.82) is 0 Å². The molecule has 4 heteroatoms. The van der Waals surface area contributed by atoms with Crippen LogP contribution in [0.4, 0.5) is 0 Å². The Hall–Kier alpha value is -1.58. The summed E-state index contributed by atoms with van der Waals surface area (Å²) in [5, 5.41) is 0. The third-order valence-corrected chi connectivity index (χ3v) is 2.93. The van der Waals surface area contributed by atoms with Crippen molar-refractivity contribution in [2.75, 3.05) is 0 Å². The Morgan fingerprint density at radius 1 is 1.17 bits per heavy atom. The Balaban J connectivity index is 2.17. The van der Waals surface area contributed by atoms with E-state index in [9.17, 15) is 0 Å². The van der Waals surface area contributed by atoms with Gasteiger partial charge in [-0.1, -0.05) is 20.8 Å². The molecule has 2 aromatic rings. The molecule has 0 aliphatic rings. The lowest BCUT2D eigenvalue weighted by molar-refractivity contribution is -0.707. The highest BCUT2D eigenvalue weighted by atomic mass is 16.3. The fourth-order valence-electron chi connectivity index (χ4n) is 1.87. The van der Waals surface area contributed by atoms with Crippen LogP contribution in [0.15, 0.2) is 33.9 Å². The molecule has 2 aromatic heterocycles. The van der Waals surface area contributed by atoms with E-state index < -0.39 is 0 Å². The quantitative estimate of drug-likeness (QED) is 0.786. The molecule has 0 aliphatic heterocycles. The van der Waals surface area contributed by atoms with Crippen molar-refractivity contribution in [3.05, 3.63) is 36.7 Å². The highest BCUT2D eigenvalue weighted by Crippen LogP contribution is 2.23. The molecule has 0 aliphatic carbocycles. The topological polar surface area (TPSA) is 43.0 Å². The minimum atomic E-state index is -0.160. The van der Waals surface area contributed by atoms with Crippen molar-refractivity contribution in [3.8, 4) is 0 Å². The van der Waals surface area contributed by atoms with Gasteiger partial charge in [0.2, 0.25) is 12.1 Å². The van der Waals surface area contributed by atoms with Crippen molar-refractivity contribution >= 4 is 0 Å². The smallest absolute Gasteiger partial charge is 0.334 e. The van der Waals surface area contributed by atoms with Crippen LogP contribution in [0.1, 0.15) is 46.3 Å². The summed E-state index contributed by atoms with van der Waals surface area (Å²) in [5.74, 6) is 1.72. The van der Waals surface area contributed by atoms with E-state index in [2.05, 4.69) is 39.6 Å². The molecule has 0 radical (unpaired) electrons. The van der Waals surface area contributed by atoms with Crippen LogP contribution in [-0.2, 0) is 17.4 Å². The van der Waals surface area contributed by atoms with E-state index in [1.807, 2.05) is 10.8 Å². The summed E-state index contributed by atoms with van der Waals surface area (Å²) in [7, 11) is 0. The predicted molar refractivity (Wildman–Crippen MR) is 67.1 cm³/mol. The lowest BCUT2D eigenvalue weighted by Crippen LogP contribution is -2.41. The number of rotatable bonds is 3. The highest BCUT2D eigenvalue weighted by Gasteiger charge is 2.32. The third kappa shape index (κ3) is 2.63. The van der Waals surface area contributed by atoms with Gasteiger partial charge in [0.15, 0.2) is 12.3 Å². The van der Waals surface area contributed by atoms with Gasteiger partial charge in [-0.05, 0) is 13.8 Å². The van der Waals surface area contributed by atoms with Gasteiger partial charge < -0.3 is 8.83 Å². The van der Waals surface area contributed by atoms with Crippen molar-refractivity contribution in [2.24, 2.45) is 0 Å². The summed E-state index contributed by atoms with van der Waals surface area (Å²) in [6, 6.07) is 0. The van der Waals surface area contributed by atoms with E-state index in [1.165, 1.54) is 0 Å². The third-order valence-electron chi connectivity index (χ3n) is 2.93. The maximum Gasteiger partial charge on any atom is 0.334 e. The molecule has 2 heterocycles. The number of aromatic nitrogens is 2. The summed E-state index contributed by atoms with van der Waals surface area (Å²) in [6.45, 7) is 11.4. The van der Waals surface area contributed by atoms with Gasteiger partial charge in [-0.15, -0.1) is 0 Å². The van der Waals surface area contributed by atoms with Gasteiger partial charge in [-0.3, -0.25) is 0 Å². The Labute approximate surface area is 108 Å². The van der Waals surface area contributed by atoms with Crippen LogP contribution in [-0.4, -0.2) is 4.98 Å². The first-order valence-corrected chi connectivity index (χ1v) is 6.17. The zero-order valence-corrected chi connectivity index (χ0v) is 11.7. The summed E-state index contributed by atoms with van der Waals surface area (Å²) in [6.07, 6.45) is 7.09. The Morgan fingerprint density at radius 2 is 1.89 bits per heavy atom. The number of hydrogen-bond acceptors (Lipinski definition) is 3. The molecule has 0 spiro atoms. The molecule has 98 valence electrons. The zero-order chi connectivity index (χ0) is 13.4. The SMILES string of the molecule is CC(C)(C)c1c[n+](CC(C)(C)c2ncco2)co1. The van der Waals surface area contributed by atoms with Crippen LogP contribution in [0.5, 0.6) is 0 Å². The van der Waals surface area contributed by atoms with E-state index >= 15 is 0 Å². The highest BCUT2D eigenvalue weighted by molar-refractivity contribution is 5.01. The molecular formula is C14H21N2O2+. The first kappa shape index (κ1) is 12.9. The van der Waals surface area contributed by atoms with Crippen LogP contribution in [0.2, 0.25) is 0 Å². The van der Waals surface area contributed by atoms with Gasteiger partial charge in [0, 0.05) is 5.41 Å². The molecule has 0 unspecified atom stereocenters. The standard InChI is InChI=1S/C14H21N2O2/c1-13(2,3)11-8-16(10-18-11)9-14(4,5)12-15-6-7-17-12/h6-8,10H,9H2,1-5H3/q+1. The molecule has 0 atom stereocenters. The van der Waals surface area contributed by atoms with Crippen molar-refractivity contribution in [2.45, 2.75) is 52.0 Å². The van der Waals surface area contributed by atoms with Gasteiger partial charge in [-0.2, -0.15) is 4.57 Å². The van der Waals surface area contributed by atoms with Crippen LogP contribution < -0.4 is 4.57 Å². The van der Waals surface area contributed by atoms with Gasteiger partial charge in [0.05, 0.1) is 6.20 Å². The molecule has 0 bridgehead atoms. The summed E-state index contributed by atoms with van der Waals surface area (Å²) in [4.78, 5) is 4.23. The summed E-state index contributed by atoms with van der Waals surface area (Å²) < 4.78 is 13.0. The summed E-state index contributed by atoms with van der Waals surface area (Å²) >= 11 is 0. The average molecular weight is 249 g/mol. The van der Waals surface area contributed by atoms with E-state index in [0.29, 0.717) is 0 Å². The van der Waals surface area contributed by atoms with Crippen molar-refractivity contribution < 1.29 is 13.4 Å². The number of oxazole rings is 2. The van der Waals surface area contributed by atoms with Crippen LogP contribution in [0, 0.1) is 0 Å². The molecule has 0 saturated heterocycles. The minimum absolute atomic E-state index is 0.0261. The van der Waals surface area contributed by atoms with Gasteiger partial charge in [0.1, 0.15) is 11.7 Å². The van der Waals surface area contributed by atoms with E-state index in [-0.39, 0.29) is 10.8 Å². The van der Waals surface area contributed by atoms with E-state index in [0.717, 1.165) is 18.2 Å². The Bertz CT molecular complexity index is 504. The summed E-state index contributed by atoms with van der Waals surface area (Å²) in [5.41, 5.74) is -0.133. The molecule has 0 saturated carbocycles. The van der Waals surface area contributed by atoms with Gasteiger partial charge >= 0.3 is 6.39 Å². The van der Waals surface area contributed by atoms with Crippen molar-refractivity contribution in [1.82, 2.24) is 4.98 Å². The largest absolute Gasteiger partial charge is 0.448 e. The molecule has 0 amide bonds. The first-order chi connectivity index (χ1) is 8.29. The first-order valence-electron chi connectivity index (χ1n) is 6.17. The average Bonchev–Trinajstić information content (AvgIpc) is 2.83. The molecule has 2 rings (SSSR count). The molecule has 0 fully saturated rings. The lowest BCUT2D eigenvalue weighted by Gasteiger charge is -2.15. The second-order valence-electron chi connectivity index (χ2n) is 6.36. The molecule has 0 aromatic carbocycles. The maximum atomic E-state index is 5.60. The minimum Gasteiger partial charge on any atom is -0.448 e. The fraction of sp³-hybridized carbons (Fsp3) is 0.571. The van der Waals surface area contributed by atoms with Crippen LogP contribution in [0.25, 0.3) is 0 Å². The second kappa shape index (κ2) is 4.26. The van der Waals surface area contributed by atoms with Gasteiger partial charge in [-0.25, -0.2) is 4.98 Å². The second-order valence-corrected chi connectivity index (χ2v) is 6.36. The van der Waals surface area contributed by atoms with Gasteiger partial charge in [0.25, 0.3) is 0 Å². The van der Waals surface area contributed by atoms with Crippen LogP contribution in [0.3, 0.4) is 0 Å². The lowest BCUT2D eigenvalue weighted by atomic mass is 9.92. The van der Waals surface area contributed by atoms with E-state index in [1.54, 1.807) is 18.9 Å². The molecular weight excluding hydrogens is 228 g/mol. The monoisotopic (exact) mass is 249 g/mol. The number of nitrogens with zero attached hydrogens (tertiary/aromatic N) is 2. The van der Waals surface area contributed by atoms with Crippen LogP contribution >= 0.6 is 0 Å². The fourth-order valence-corrected chi connectivity index (χ4v) is 1.87. The van der Waals surface area contributed by atoms with Crippen molar-refractivity contribution in [3.63, 3.8) is 0 Å². The Kier molecular flexibility index (Phi) is 3.05. The zero-order valence-electron chi connectivity index (χ0n) is 11.7. The molecule has 0 N–H and O–H groups in total. The normalized spacial score (nSPS) is 12.9. The van der Waals surface area contributed by atoms with E-state index in [4.69, 9.17) is 8.83 Å². The predicted octanol–water partition coefficient (Wildman–Crippen LogP) is 2.83. The molecule has 18 heavy (non-hydrogen) atoms. The number of hydrogen-bond donors (Lipinski definition) is 0. The molecule has 4 nitrogen and oxygen atoms in total.